The molecular weight excluding hydrogens is 258 g/mol. The topological polar surface area (TPSA) is 21.3 Å². The summed E-state index contributed by atoms with van der Waals surface area (Å²) in [4.78, 5) is 0. The highest BCUT2D eigenvalue weighted by Crippen LogP contribution is 2.30. The number of benzene rings is 1. The monoisotopic (exact) mass is 281 g/mol. The fourth-order valence-electron chi connectivity index (χ4n) is 2.94. The van der Waals surface area contributed by atoms with Gasteiger partial charge in [0.05, 0.1) is 12.1 Å². The number of rotatable bonds is 4. The minimum Gasteiger partial charge on any atom is -0.495 e. The summed E-state index contributed by atoms with van der Waals surface area (Å²) in [5.41, 5.74) is 1.22. The molecule has 106 valence electrons. The molecule has 3 heteroatoms. The molecule has 0 heterocycles. The van der Waals surface area contributed by atoms with Crippen LogP contribution in [0.1, 0.15) is 38.7 Å². The van der Waals surface area contributed by atoms with Crippen molar-refractivity contribution in [3.8, 4) is 5.75 Å². The summed E-state index contributed by atoms with van der Waals surface area (Å²) in [7, 11) is 1.64. The molecule has 0 amide bonds. The van der Waals surface area contributed by atoms with Crippen molar-refractivity contribution < 1.29 is 4.74 Å². The van der Waals surface area contributed by atoms with Gasteiger partial charge in [0.25, 0.3) is 0 Å². The van der Waals surface area contributed by atoms with Gasteiger partial charge in [-0.2, -0.15) is 0 Å². The lowest BCUT2D eigenvalue weighted by Gasteiger charge is -2.34. The van der Waals surface area contributed by atoms with Gasteiger partial charge in [-0.05, 0) is 36.0 Å². The summed E-state index contributed by atoms with van der Waals surface area (Å²) in [6, 6.07) is 6.63. The molecule has 3 atom stereocenters. The van der Waals surface area contributed by atoms with E-state index >= 15 is 0 Å². The average Bonchev–Trinajstić information content (AvgIpc) is 2.40. The van der Waals surface area contributed by atoms with Crippen LogP contribution < -0.4 is 10.1 Å². The summed E-state index contributed by atoms with van der Waals surface area (Å²) < 4.78 is 5.17. The minimum absolute atomic E-state index is 0.629. The second-order valence-corrected chi connectivity index (χ2v) is 6.13. The third-order valence-corrected chi connectivity index (χ3v) is 4.79. The quantitative estimate of drug-likeness (QED) is 0.890. The standard InChI is InChI=1S/C16H24ClNO/c1-11-5-4-6-15(12(11)2)18-10-13-7-8-16(19-3)14(17)9-13/h7-9,11-12,15,18H,4-6,10H2,1-3H3. The fraction of sp³-hybridized carbons (Fsp3) is 0.625. The van der Waals surface area contributed by atoms with Crippen molar-refractivity contribution in [2.75, 3.05) is 7.11 Å². The van der Waals surface area contributed by atoms with Gasteiger partial charge >= 0.3 is 0 Å². The molecule has 0 bridgehead atoms. The third-order valence-electron chi connectivity index (χ3n) is 4.49. The molecule has 0 aliphatic heterocycles. The molecule has 0 spiro atoms. The SMILES string of the molecule is COc1ccc(CNC2CCCC(C)C2C)cc1Cl. The van der Waals surface area contributed by atoms with Gasteiger partial charge in [0.2, 0.25) is 0 Å². The van der Waals surface area contributed by atoms with E-state index in [2.05, 4.69) is 25.2 Å². The highest BCUT2D eigenvalue weighted by atomic mass is 35.5. The molecule has 0 saturated heterocycles. The van der Waals surface area contributed by atoms with E-state index in [-0.39, 0.29) is 0 Å². The van der Waals surface area contributed by atoms with Crippen LogP contribution in [-0.4, -0.2) is 13.2 Å². The second kappa shape index (κ2) is 6.62. The van der Waals surface area contributed by atoms with Crippen LogP contribution in [0, 0.1) is 11.8 Å². The highest BCUT2D eigenvalue weighted by molar-refractivity contribution is 6.32. The van der Waals surface area contributed by atoms with Crippen molar-refractivity contribution in [2.24, 2.45) is 11.8 Å². The van der Waals surface area contributed by atoms with Crippen LogP contribution in [0.15, 0.2) is 18.2 Å². The lowest BCUT2D eigenvalue weighted by molar-refractivity contribution is 0.206. The molecule has 1 aliphatic rings. The third kappa shape index (κ3) is 3.64. The van der Waals surface area contributed by atoms with E-state index < -0.39 is 0 Å². The first kappa shape index (κ1) is 14.7. The Hall–Kier alpha value is -0.730. The van der Waals surface area contributed by atoms with Gasteiger partial charge in [-0.15, -0.1) is 0 Å². The fourth-order valence-corrected chi connectivity index (χ4v) is 3.22. The number of nitrogens with one attached hydrogen (secondary N) is 1. The number of hydrogen-bond donors (Lipinski definition) is 1. The summed E-state index contributed by atoms with van der Waals surface area (Å²) in [6.45, 7) is 5.61. The first-order chi connectivity index (χ1) is 9.11. The maximum Gasteiger partial charge on any atom is 0.137 e. The van der Waals surface area contributed by atoms with Crippen LogP contribution in [0.2, 0.25) is 5.02 Å². The summed E-state index contributed by atoms with van der Waals surface area (Å²) in [6.07, 6.45) is 4.00. The Morgan fingerprint density at radius 2 is 2.11 bits per heavy atom. The summed E-state index contributed by atoms with van der Waals surface area (Å²) in [5.74, 6) is 2.32. The number of hydrogen-bond acceptors (Lipinski definition) is 2. The molecule has 2 nitrogen and oxygen atoms in total. The Morgan fingerprint density at radius 1 is 1.32 bits per heavy atom. The largest absolute Gasteiger partial charge is 0.495 e. The zero-order valence-electron chi connectivity index (χ0n) is 12.1. The Balaban J connectivity index is 1.93. The molecule has 3 unspecified atom stereocenters. The zero-order valence-corrected chi connectivity index (χ0v) is 12.8. The van der Waals surface area contributed by atoms with E-state index in [1.807, 2.05) is 12.1 Å². The number of methoxy groups -OCH3 is 1. The Morgan fingerprint density at radius 3 is 2.79 bits per heavy atom. The minimum atomic E-state index is 0.629. The van der Waals surface area contributed by atoms with Gasteiger partial charge < -0.3 is 10.1 Å². The molecule has 1 aromatic rings. The molecule has 1 aromatic carbocycles. The molecular formula is C16H24ClNO. The summed E-state index contributed by atoms with van der Waals surface area (Å²) in [5, 5.41) is 4.37. The van der Waals surface area contributed by atoms with Gasteiger partial charge in [0, 0.05) is 12.6 Å². The maximum absolute atomic E-state index is 6.15. The van der Waals surface area contributed by atoms with E-state index in [9.17, 15) is 0 Å². The van der Waals surface area contributed by atoms with E-state index in [1.165, 1.54) is 24.8 Å². The van der Waals surface area contributed by atoms with E-state index in [0.29, 0.717) is 11.1 Å². The summed E-state index contributed by atoms with van der Waals surface area (Å²) >= 11 is 6.15. The number of halogens is 1. The molecule has 2 rings (SSSR count). The zero-order chi connectivity index (χ0) is 13.8. The van der Waals surface area contributed by atoms with Crippen LogP contribution in [0.25, 0.3) is 0 Å². The van der Waals surface area contributed by atoms with Gasteiger partial charge in [-0.3, -0.25) is 0 Å². The predicted octanol–water partition coefficient (Wildman–Crippen LogP) is 4.26. The Kier molecular flexibility index (Phi) is 5.12. The second-order valence-electron chi connectivity index (χ2n) is 5.72. The number of ether oxygens (including phenoxy) is 1. The smallest absolute Gasteiger partial charge is 0.137 e. The van der Waals surface area contributed by atoms with Crippen LogP contribution in [-0.2, 0) is 6.54 Å². The molecule has 1 N–H and O–H groups in total. The van der Waals surface area contributed by atoms with E-state index in [0.717, 1.165) is 24.1 Å². The Bertz CT molecular complexity index is 421. The lowest BCUT2D eigenvalue weighted by atomic mass is 9.78. The first-order valence-corrected chi connectivity index (χ1v) is 7.55. The van der Waals surface area contributed by atoms with Gasteiger partial charge in [0.15, 0.2) is 0 Å². The van der Waals surface area contributed by atoms with Crippen LogP contribution in [0.5, 0.6) is 5.75 Å². The molecule has 0 aromatic heterocycles. The highest BCUT2D eigenvalue weighted by Gasteiger charge is 2.26. The van der Waals surface area contributed by atoms with Crippen LogP contribution in [0.3, 0.4) is 0 Å². The lowest BCUT2D eigenvalue weighted by Crippen LogP contribution is -2.40. The van der Waals surface area contributed by atoms with Crippen molar-refractivity contribution in [3.63, 3.8) is 0 Å². The normalized spacial score (nSPS) is 27.3. The molecule has 19 heavy (non-hydrogen) atoms. The van der Waals surface area contributed by atoms with E-state index in [1.54, 1.807) is 7.11 Å². The first-order valence-electron chi connectivity index (χ1n) is 7.17. The molecule has 1 fully saturated rings. The van der Waals surface area contributed by atoms with E-state index in [4.69, 9.17) is 16.3 Å². The van der Waals surface area contributed by atoms with Gasteiger partial charge in [0.1, 0.15) is 5.75 Å². The van der Waals surface area contributed by atoms with Crippen molar-refractivity contribution in [1.29, 1.82) is 0 Å². The Labute approximate surface area is 121 Å². The van der Waals surface area contributed by atoms with Crippen LogP contribution in [0.4, 0.5) is 0 Å². The van der Waals surface area contributed by atoms with Crippen molar-refractivity contribution in [1.82, 2.24) is 5.32 Å². The van der Waals surface area contributed by atoms with Gasteiger partial charge in [-0.1, -0.05) is 44.4 Å². The molecule has 1 saturated carbocycles. The maximum atomic E-state index is 6.15. The van der Waals surface area contributed by atoms with Crippen LogP contribution >= 0.6 is 11.6 Å². The molecule has 1 aliphatic carbocycles. The average molecular weight is 282 g/mol. The van der Waals surface area contributed by atoms with Crippen molar-refractivity contribution in [2.45, 2.75) is 45.7 Å². The van der Waals surface area contributed by atoms with Crippen molar-refractivity contribution >= 4 is 11.6 Å². The van der Waals surface area contributed by atoms with Crippen molar-refractivity contribution in [3.05, 3.63) is 28.8 Å². The molecule has 0 radical (unpaired) electrons. The van der Waals surface area contributed by atoms with Gasteiger partial charge in [-0.25, -0.2) is 0 Å². The predicted molar refractivity (Wildman–Crippen MR) is 80.8 cm³/mol.